The van der Waals surface area contributed by atoms with Gasteiger partial charge in [0.15, 0.2) is 0 Å². The third kappa shape index (κ3) is 6.14. The van der Waals surface area contributed by atoms with Gasteiger partial charge in [0.1, 0.15) is 0 Å². The van der Waals surface area contributed by atoms with E-state index >= 15 is 0 Å². The normalized spacial score (nSPS) is 11.0. The summed E-state index contributed by atoms with van der Waals surface area (Å²) in [6, 6.07) is 17.8. The molecule has 4 heteroatoms. The molecule has 29 heavy (non-hydrogen) atoms. The number of rotatable bonds is 10. The highest BCUT2D eigenvalue weighted by molar-refractivity contribution is 9.10. The summed E-state index contributed by atoms with van der Waals surface area (Å²) in [4.78, 5) is 17.7. The van der Waals surface area contributed by atoms with E-state index in [1.54, 1.807) is 0 Å². The Balaban J connectivity index is 1.70. The maximum Gasteiger partial charge on any atom is 0.252 e. The zero-order valence-corrected chi connectivity index (χ0v) is 18.7. The molecule has 0 aliphatic rings. The first-order valence-corrected chi connectivity index (χ1v) is 11.4. The first-order chi connectivity index (χ1) is 14.2. The van der Waals surface area contributed by atoms with Gasteiger partial charge in [-0.3, -0.25) is 4.79 Å². The number of carbonyl (C=O) groups is 1. The molecule has 3 aromatic rings. The fourth-order valence-electron chi connectivity index (χ4n) is 3.54. The quantitative estimate of drug-likeness (QED) is 0.332. The highest BCUT2D eigenvalue weighted by atomic mass is 79.9. The second-order valence-electron chi connectivity index (χ2n) is 7.46. The fraction of sp³-hybridized carbons (Fsp3) is 0.360. The number of benzene rings is 2. The molecule has 1 N–H and O–H groups in total. The SMILES string of the molecule is CCCCCCCCCNC(=O)c1cc(-c2cccc(Br)c2)nc2ccccc12. The van der Waals surface area contributed by atoms with Crippen molar-refractivity contribution < 1.29 is 4.79 Å². The number of pyridine rings is 1. The van der Waals surface area contributed by atoms with Gasteiger partial charge >= 0.3 is 0 Å². The van der Waals surface area contributed by atoms with Crippen LogP contribution >= 0.6 is 15.9 Å². The van der Waals surface area contributed by atoms with E-state index in [1.807, 2.05) is 54.6 Å². The lowest BCUT2D eigenvalue weighted by Gasteiger charge is -2.11. The van der Waals surface area contributed by atoms with Crippen LogP contribution in [0.1, 0.15) is 62.2 Å². The maximum absolute atomic E-state index is 12.9. The Morgan fingerprint density at radius 2 is 1.69 bits per heavy atom. The van der Waals surface area contributed by atoms with Crippen LogP contribution in [0, 0.1) is 0 Å². The average molecular weight is 453 g/mol. The number of nitrogens with one attached hydrogen (secondary N) is 1. The number of fused-ring (bicyclic) bond motifs is 1. The molecule has 152 valence electrons. The molecule has 0 fully saturated rings. The fourth-order valence-corrected chi connectivity index (χ4v) is 3.94. The van der Waals surface area contributed by atoms with Gasteiger partial charge in [-0.25, -0.2) is 4.98 Å². The maximum atomic E-state index is 12.9. The lowest BCUT2D eigenvalue weighted by Crippen LogP contribution is -2.24. The molecule has 0 spiro atoms. The van der Waals surface area contributed by atoms with E-state index in [0.717, 1.165) is 39.6 Å². The van der Waals surface area contributed by atoms with E-state index in [1.165, 1.54) is 38.5 Å². The molecule has 0 unspecified atom stereocenters. The van der Waals surface area contributed by atoms with Crippen molar-refractivity contribution in [1.82, 2.24) is 10.3 Å². The van der Waals surface area contributed by atoms with Crippen LogP contribution in [0.25, 0.3) is 22.2 Å². The number of aromatic nitrogens is 1. The van der Waals surface area contributed by atoms with E-state index in [9.17, 15) is 4.79 Å². The summed E-state index contributed by atoms with van der Waals surface area (Å²) in [5.74, 6) is -0.0224. The van der Waals surface area contributed by atoms with Crippen molar-refractivity contribution >= 4 is 32.7 Å². The summed E-state index contributed by atoms with van der Waals surface area (Å²) in [5.41, 5.74) is 3.33. The number of hydrogen-bond acceptors (Lipinski definition) is 2. The van der Waals surface area contributed by atoms with Crippen LogP contribution in [0.3, 0.4) is 0 Å². The predicted octanol–water partition coefficient (Wildman–Crippen LogP) is 7.14. The van der Waals surface area contributed by atoms with Gasteiger partial charge < -0.3 is 5.32 Å². The zero-order valence-electron chi connectivity index (χ0n) is 17.1. The summed E-state index contributed by atoms with van der Waals surface area (Å²) in [6.45, 7) is 2.95. The Bertz CT molecular complexity index is 954. The third-order valence-corrected chi connectivity index (χ3v) is 5.64. The number of unbranched alkanes of at least 4 members (excludes halogenated alkanes) is 6. The van der Waals surface area contributed by atoms with Crippen LogP contribution < -0.4 is 5.32 Å². The van der Waals surface area contributed by atoms with Crippen LogP contribution in [0.2, 0.25) is 0 Å². The Morgan fingerprint density at radius 1 is 0.931 bits per heavy atom. The zero-order chi connectivity index (χ0) is 20.5. The Kier molecular flexibility index (Phi) is 8.24. The second-order valence-corrected chi connectivity index (χ2v) is 8.38. The molecular formula is C25H29BrN2O. The number of carbonyl (C=O) groups excluding carboxylic acids is 1. The minimum Gasteiger partial charge on any atom is -0.352 e. The summed E-state index contributed by atoms with van der Waals surface area (Å²) < 4.78 is 0.995. The molecule has 0 aliphatic carbocycles. The minimum absolute atomic E-state index is 0.0224. The Morgan fingerprint density at radius 3 is 2.48 bits per heavy atom. The van der Waals surface area contributed by atoms with E-state index in [-0.39, 0.29) is 5.91 Å². The van der Waals surface area contributed by atoms with Crippen molar-refractivity contribution in [3.63, 3.8) is 0 Å². The summed E-state index contributed by atoms with van der Waals surface area (Å²) in [7, 11) is 0. The van der Waals surface area contributed by atoms with Gasteiger partial charge in [-0.05, 0) is 30.7 Å². The molecule has 0 atom stereocenters. The monoisotopic (exact) mass is 452 g/mol. The van der Waals surface area contributed by atoms with Gasteiger partial charge in [-0.15, -0.1) is 0 Å². The summed E-state index contributed by atoms with van der Waals surface area (Å²) in [5, 5.41) is 4.00. The number of amides is 1. The molecule has 1 amide bonds. The van der Waals surface area contributed by atoms with E-state index < -0.39 is 0 Å². The molecule has 0 aliphatic heterocycles. The third-order valence-electron chi connectivity index (χ3n) is 5.15. The van der Waals surface area contributed by atoms with E-state index in [2.05, 4.69) is 28.2 Å². The number of para-hydroxylation sites is 1. The van der Waals surface area contributed by atoms with Crippen molar-refractivity contribution in [2.75, 3.05) is 6.54 Å². The van der Waals surface area contributed by atoms with E-state index in [4.69, 9.17) is 4.98 Å². The van der Waals surface area contributed by atoms with Crippen LogP contribution in [0.4, 0.5) is 0 Å². The van der Waals surface area contributed by atoms with Crippen LogP contribution in [-0.4, -0.2) is 17.4 Å². The van der Waals surface area contributed by atoms with Crippen molar-refractivity contribution in [1.29, 1.82) is 0 Å². The Hall–Kier alpha value is -2.20. The van der Waals surface area contributed by atoms with Crippen molar-refractivity contribution in [3.05, 3.63) is 64.6 Å². The number of nitrogens with zero attached hydrogens (tertiary/aromatic N) is 1. The van der Waals surface area contributed by atoms with Gasteiger partial charge in [0, 0.05) is 22.0 Å². The topological polar surface area (TPSA) is 42.0 Å². The lowest BCUT2D eigenvalue weighted by atomic mass is 10.0. The van der Waals surface area contributed by atoms with Crippen molar-refractivity contribution in [2.24, 2.45) is 0 Å². The molecule has 2 aromatic carbocycles. The molecule has 1 heterocycles. The average Bonchev–Trinajstić information content (AvgIpc) is 2.74. The van der Waals surface area contributed by atoms with Crippen LogP contribution in [-0.2, 0) is 0 Å². The first kappa shape index (κ1) is 21.5. The summed E-state index contributed by atoms with van der Waals surface area (Å²) in [6.07, 6.45) is 8.67. The highest BCUT2D eigenvalue weighted by Crippen LogP contribution is 2.26. The predicted molar refractivity (Wildman–Crippen MR) is 125 cm³/mol. The Labute approximate surface area is 182 Å². The minimum atomic E-state index is -0.0224. The second kappa shape index (κ2) is 11.1. The molecule has 1 aromatic heterocycles. The van der Waals surface area contributed by atoms with Crippen LogP contribution in [0.15, 0.2) is 59.1 Å². The van der Waals surface area contributed by atoms with Gasteiger partial charge in [-0.2, -0.15) is 0 Å². The first-order valence-electron chi connectivity index (χ1n) is 10.6. The molecule has 0 radical (unpaired) electrons. The highest BCUT2D eigenvalue weighted by Gasteiger charge is 2.13. The molecule has 3 nitrogen and oxygen atoms in total. The smallest absolute Gasteiger partial charge is 0.252 e. The van der Waals surface area contributed by atoms with Crippen LogP contribution in [0.5, 0.6) is 0 Å². The van der Waals surface area contributed by atoms with Crippen molar-refractivity contribution in [3.8, 4) is 11.3 Å². The molecule has 0 saturated carbocycles. The number of hydrogen-bond donors (Lipinski definition) is 1. The van der Waals surface area contributed by atoms with Gasteiger partial charge in [0.05, 0.1) is 16.8 Å². The lowest BCUT2D eigenvalue weighted by molar-refractivity contribution is 0.0954. The molecule has 0 bridgehead atoms. The molecular weight excluding hydrogens is 424 g/mol. The van der Waals surface area contributed by atoms with Crippen molar-refractivity contribution in [2.45, 2.75) is 51.9 Å². The molecule has 3 rings (SSSR count). The standard InChI is InChI=1S/C25H29BrN2O/c1-2-3-4-5-6-7-10-16-27-25(29)22-18-24(19-12-11-13-20(26)17-19)28-23-15-9-8-14-21(22)23/h8-9,11-15,17-18H,2-7,10,16H2,1H3,(H,27,29). The summed E-state index contributed by atoms with van der Waals surface area (Å²) >= 11 is 3.52. The van der Waals surface area contributed by atoms with Gasteiger partial charge in [-0.1, -0.05) is 91.7 Å². The molecule has 0 saturated heterocycles. The van der Waals surface area contributed by atoms with Gasteiger partial charge in [0.2, 0.25) is 0 Å². The number of halogens is 1. The van der Waals surface area contributed by atoms with Gasteiger partial charge in [0.25, 0.3) is 5.91 Å². The van der Waals surface area contributed by atoms with E-state index in [0.29, 0.717) is 5.56 Å². The largest absolute Gasteiger partial charge is 0.352 e.